The summed E-state index contributed by atoms with van der Waals surface area (Å²) in [6.45, 7) is 1.09. The summed E-state index contributed by atoms with van der Waals surface area (Å²) in [5.74, 6) is 0. The molecule has 0 fully saturated rings. The summed E-state index contributed by atoms with van der Waals surface area (Å²) in [5.41, 5.74) is -0.342. The van der Waals surface area contributed by atoms with Gasteiger partial charge in [0.15, 0.2) is 0 Å². The van der Waals surface area contributed by atoms with E-state index in [0.29, 0.717) is 13.2 Å². The molecule has 0 N–H and O–H groups in total. The fourth-order valence-electron chi connectivity index (χ4n) is 1.24. The Balaban J connectivity index is 2.85. The Bertz CT molecular complexity index is 400. The molecule has 1 aromatic heterocycles. The minimum Gasteiger partial charge on any atom is -0.385 e. The topological polar surface area (TPSA) is 48.3 Å². The van der Waals surface area contributed by atoms with E-state index in [1.165, 1.54) is 10.6 Å². The number of hydrogen-bond donors (Lipinski definition) is 0. The minimum absolute atomic E-state index is 0.0107. The van der Waals surface area contributed by atoms with Crippen LogP contribution in [-0.4, -0.2) is 23.5 Å². The van der Waals surface area contributed by atoms with E-state index in [0.717, 1.165) is 6.42 Å². The Morgan fingerprint density at radius 1 is 1.60 bits per heavy atom. The average Bonchev–Trinajstić information content (AvgIpc) is 2.20. The molecule has 0 bridgehead atoms. The Morgan fingerprint density at radius 3 is 2.93 bits per heavy atom. The number of nitrogens with zero attached hydrogens (tertiary/aromatic N) is 1. The summed E-state index contributed by atoms with van der Waals surface area (Å²) in [7, 11) is 1.60. The van der Waals surface area contributed by atoms with Gasteiger partial charge in [-0.25, -0.2) is 0 Å². The van der Waals surface area contributed by atoms with Gasteiger partial charge in [-0.05, 0) is 30.2 Å². The number of halogens is 1. The van der Waals surface area contributed by atoms with E-state index in [1.54, 1.807) is 19.4 Å². The van der Waals surface area contributed by atoms with Crippen molar-refractivity contribution in [2.24, 2.45) is 0 Å². The first-order valence-electron chi connectivity index (χ1n) is 4.55. The van der Waals surface area contributed by atoms with Crippen molar-refractivity contribution in [1.82, 2.24) is 4.57 Å². The number of carbonyl (C=O) groups excluding carboxylic acids is 1. The molecule has 0 aliphatic heterocycles. The lowest BCUT2D eigenvalue weighted by atomic mass is 10.3. The van der Waals surface area contributed by atoms with Crippen LogP contribution in [0.3, 0.4) is 0 Å². The van der Waals surface area contributed by atoms with Crippen molar-refractivity contribution >= 4 is 16.8 Å². The number of rotatable bonds is 5. The highest BCUT2D eigenvalue weighted by Gasteiger charge is 2.08. The van der Waals surface area contributed by atoms with Crippen LogP contribution in [-0.2, 0) is 11.3 Å². The molecule has 0 amide bonds. The summed E-state index contributed by atoms with van der Waals surface area (Å²) in [5, 5.41) is -0.721. The van der Waals surface area contributed by atoms with Crippen LogP contribution in [0.5, 0.6) is 0 Å². The SMILES string of the molecule is COCCCn1cccc(C(=O)Cl)c1=O. The predicted molar refractivity (Wildman–Crippen MR) is 57.4 cm³/mol. The third-order valence-electron chi connectivity index (χ3n) is 1.98. The van der Waals surface area contributed by atoms with E-state index >= 15 is 0 Å². The van der Waals surface area contributed by atoms with Gasteiger partial charge in [0, 0.05) is 26.5 Å². The molecule has 15 heavy (non-hydrogen) atoms. The monoisotopic (exact) mass is 229 g/mol. The normalized spacial score (nSPS) is 10.3. The Hall–Kier alpha value is -1.13. The molecule has 0 aliphatic carbocycles. The highest BCUT2D eigenvalue weighted by atomic mass is 35.5. The standard InChI is InChI=1S/C10H12ClNO3/c1-15-7-3-6-12-5-2-4-8(9(11)13)10(12)14/h2,4-5H,3,6-7H2,1H3. The molecule has 0 aliphatic rings. The molecule has 0 unspecified atom stereocenters. The molecule has 5 heteroatoms. The third kappa shape index (κ3) is 3.18. The first kappa shape index (κ1) is 11.9. The van der Waals surface area contributed by atoms with Gasteiger partial charge in [-0.15, -0.1) is 0 Å². The van der Waals surface area contributed by atoms with E-state index in [2.05, 4.69) is 0 Å². The molecule has 4 nitrogen and oxygen atoms in total. The van der Waals surface area contributed by atoms with Gasteiger partial charge < -0.3 is 9.30 Å². The lowest BCUT2D eigenvalue weighted by molar-refractivity contribution is 0.107. The van der Waals surface area contributed by atoms with Crippen molar-refractivity contribution < 1.29 is 9.53 Å². The number of pyridine rings is 1. The average molecular weight is 230 g/mol. The quantitative estimate of drug-likeness (QED) is 0.564. The van der Waals surface area contributed by atoms with Gasteiger partial charge in [0.05, 0.1) is 5.56 Å². The van der Waals surface area contributed by atoms with Crippen molar-refractivity contribution in [2.45, 2.75) is 13.0 Å². The molecule has 82 valence electrons. The fraction of sp³-hybridized carbons (Fsp3) is 0.400. The second kappa shape index (κ2) is 5.68. The van der Waals surface area contributed by atoms with Crippen LogP contribution in [0.15, 0.2) is 23.1 Å². The lowest BCUT2D eigenvalue weighted by Crippen LogP contribution is -2.24. The summed E-state index contributed by atoms with van der Waals surface area (Å²) in [6, 6.07) is 3.05. The molecule has 0 saturated heterocycles. The number of aryl methyl sites for hydroxylation is 1. The van der Waals surface area contributed by atoms with Gasteiger partial charge >= 0.3 is 0 Å². The summed E-state index contributed by atoms with van der Waals surface area (Å²) in [4.78, 5) is 22.5. The summed E-state index contributed by atoms with van der Waals surface area (Å²) < 4.78 is 6.33. The molecule has 0 radical (unpaired) electrons. The third-order valence-corrected chi connectivity index (χ3v) is 2.18. The number of hydrogen-bond acceptors (Lipinski definition) is 3. The van der Waals surface area contributed by atoms with Crippen molar-refractivity contribution in [3.63, 3.8) is 0 Å². The number of carbonyl (C=O) groups is 1. The zero-order valence-electron chi connectivity index (χ0n) is 8.40. The van der Waals surface area contributed by atoms with Gasteiger partial charge in [-0.2, -0.15) is 0 Å². The Morgan fingerprint density at radius 2 is 2.33 bits per heavy atom. The van der Waals surface area contributed by atoms with Gasteiger partial charge in [0.2, 0.25) is 0 Å². The van der Waals surface area contributed by atoms with E-state index in [1.807, 2.05) is 0 Å². The highest BCUT2D eigenvalue weighted by molar-refractivity contribution is 6.67. The minimum atomic E-state index is -0.721. The molecule has 0 saturated carbocycles. The first-order chi connectivity index (χ1) is 7.16. The van der Waals surface area contributed by atoms with Gasteiger partial charge in [-0.1, -0.05) is 0 Å². The molecule has 0 spiro atoms. The molecule has 1 heterocycles. The maximum Gasteiger partial charge on any atom is 0.262 e. The van der Waals surface area contributed by atoms with Crippen LogP contribution in [0.25, 0.3) is 0 Å². The van der Waals surface area contributed by atoms with Crippen LogP contribution >= 0.6 is 11.6 Å². The number of aromatic nitrogens is 1. The van der Waals surface area contributed by atoms with Crippen LogP contribution < -0.4 is 5.56 Å². The van der Waals surface area contributed by atoms with Crippen molar-refractivity contribution in [1.29, 1.82) is 0 Å². The maximum atomic E-state index is 11.6. The Kier molecular flexibility index (Phi) is 4.52. The van der Waals surface area contributed by atoms with E-state index < -0.39 is 5.24 Å². The molecule has 1 aromatic rings. The van der Waals surface area contributed by atoms with Crippen LogP contribution in [0.1, 0.15) is 16.8 Å². The van der Waals surface area contributed by atoms with Crippen molar-refractivity contribution in [3.8, 4) is 0 Å². The molecular weight excluding hydrogens is 218 g/mol. The zero-order valence-corrected chi connectivity index (χ0v) is 9.16. The summed E-state index contributed by atoms with van der Waals surface area (Å²) >= 11 is 5.26. The molecule has 0 atom stereocenters. The van der Waals surface area contributed by atoms with Gasteiger partial charge in [-0.3, -0.25) is 9.59 Å². The smallest absolute Gasteiger partial charge is 0.262 e. The maximum absolute atomic E-state index is 11.6. The van der Waals surface area contributed by atoms with Gasteiger partial charge in [0.25, 0.3) is 10.8 Å². The van der Waals surface area contributed by atoms with E-state index in [4.69, 9.17) is 16.3 Å². The van der Waals surface area contributed by atoms with Crippen molar-refractivity contribution in [3.05, 3.63) is 34.2 Å². The second-order valence-electron chi connectivity index (χ2n) is 3.04. The second-order valence-corrected chi connectivity index (χ2v) is 3.38. The van der Waals surface area contributed by atoms with Crippen LogP contribution in [0.4, 0.5) is 0 Å². The highest BCUT2D eigenvalue weighted by Crippen LogP contribution is 1.98. The Labute approximate surface area is 92.4 Å². The molecule has 1 rings (SSSR count). The molecular formula is C10H12ClNO3. The van der Waals surface area contributed by atoms with E-state index in [9.17, 15) is 9.59 Å². The largest absolute Gasteiger partial charge is 0.385 e. The van der Waals surface area contributed by atoms with Crippen molar-refractivity contribution in [2.75, 3.05) is 13.7 Å². The molecule has 0 aromatic carbocycles. The van der Waals surface area contributed by atoms with Crippen LogP contribution in [0.2, 0.25) is 0 Å². The number of methoxy groups -OCH3 is 1. The zero-order chi connectivity index (χ0) is 11.3. The predicted octanol–water partition coefficient (Wildman–Crippen LogP) is 1.26. The summed E-state index contributed by atoms with van der Waals surface area (Å²) in [6.07, 6.45) is 2.34. The van der Waals surface area contributed by atoms with Gasteiger partial charge in [0.1, 0.15) is 0 Å². The fourth-order valence-corrected chi connectivity index (χ4v) is 1.39. The lowest BCUT2D eigenvalue weighted by Gasteiger charge is -2.05. The van der Waals surface area contributed by atoms with Crippen LogP contribution in [0, 0.1) is 0 Å². The van der Waals surface area contributed by atoms with E-state index in [-0.39, 0.29) is 11.1 Å². The first-order valence-corrected chi connectivity index (χ1v) is 4.93. The number of ether oxygens (including phenoxy) is 1.